The highest BCUT2D eigenvalue weighted by Crippen LogP contribution is 2.44. The van der Waals surface area contributed by atoms with Gasteiger partial charge in [-0.1, -0.05) is 139 Å². The molecule has 2 aromatic heterocycles. The number of phenolic OH excluding ortho intramolecular Hbond substituents is 1. The summed E-state index contributed by atoms with van der Waals surface area (Å²) in [6.07, 6.45) is 12.1. The number of phenols is 1. The van der Waals surface area contributed by atoms with E-state index in [9.17, 15) is 42.7 Å². The molecule has 17 rings (SSSR count). The zero-order valence-corrected chi connectivity index (χ0v) is 72.0. The second-order valence-corrected chi connectivity index (χ2v) is 37.9. The zero-order chi connectivity index (χ0) is 88.5. The predicted molar refractivity (Wildman–Crippen MR) is 468 cm³/mol. The number of rotatable bonds is 23. The number of terminal acetylenes is 1. The lowest BCUT2D eigenvalue weighted by atomic mass is 9.95. The summed E-state index contributed by atoms with van der Waals surface area (Å²) in [6, 6.07) is 40.0. The molecule has 28 nitrogen and oxygen atoms in total. The van der Waals surface area contributed by atoms with Crippen LogP contribution in [0.2, 0.25) is 0 Å². The maximum absolute atomic E-state index is 16.7. The van der Waals surface area contributed by atoms with Gasteiger partial charge < -0.3 is 61.8 Å². The lowest BCUT2D eigenvalue weighted by Gasteiger charge is -2.39. The molecule has 9 aromatic rings. The molecule has 2 bridgehead atoms. The summed E-state index contributed by atoms with van der Waals surface area (Å²) >= 11 is 0. The molecule has 660 valence electrons. The molecule has 10 heterocycles. The van der Waals surface area contributed by atoms with Crippen molar-refractivity contribution in [3.8, 4) is 35.4 Å². The van der Waals surface area contributed by atoms with Gasteiger partial charge in [-0.05, 0) is 163 Å². The normalized spacial score (nSPS) is 24.0. The van der Waals surface area contributed by atoms with Crippen LogP contribution in [0.5, 0.6) is 11.8 Å². The minimum absolute atomic E-state index is 0.00778. The molecule has 0 saturated carbocycles. The number of nitrogens with one attached hydrogen (secondary N) is 7. The van der Waals surface area contributed by atoms with Gasteiger partial charge in [-0.25, -0.2) is 30.0 Å². The highest BCUT2D eigenvalue weighted by Gasteiger charge is 2.52. The van der Waals surface area contributed by atoms with E-state index in [1.807, 2.05) is 121 Å². The number of alkyl halides is 1. The van der Waals surface area contributed by atoms with Crippen molar-refractivity contribution in [2.75, 3.05) is 78.0 Å². The summed E-state index contributed by atoms with van der Waals surface area (Å²) in [5, 5.41) is 32.8. The molecule has 7 aromatic carbocycles. The quantitative estimate of drug-likeness (QED) is 0.0282. The van der Waals surface area contributed by atoms with Gasteiger partial charge in [0, 0.05) is 93.5 Å². The SMILES string of the molecule is C#Cc1c(F)ccc2cc(O)cc(-c3ncc4c(N5CC6CCC(C5)N6)nc(OCC56CCCN5CC(F)C6)nc4c3F)c12.CNC(C)C(=O)NC1CN(S(=O)(=O)c2cccc(S(=O)(=O)N3CCC4CCC(C(=O)NC(c5ccccc5)c5ccccc5)N4C(=O)C(NC(=O)C(C)NC)C3)c2)CCC2CCC(C(=O)NC(c3ccccc3)c3ccccc3)N2C1=O. The molecular weight excluding hydrogens is 1650 g/mol. The van der Waals surface area contributed by atoms with Crippen molar-refractivity contribution in [1.29, 1.82) is 0 Å². The predicted octanol–water partition coefficient (Wildman–Crippen LogP) is 7.90. The Labute approximate surface area is 730 Å². The number of hydrogen-bond donors (Lipinski definition) is 8. The van der Waals surface area contributed by atoms with Crippen molar-refractivity contribution in [1.82, 2.24) is 75.5 Å². The molecule has 0 spiro atoms. The number of sulfonamides is 2. The molecule has 8 saturated heterocycles. The van der Waals surface area contributed by atoms with Crippen LogP contribution in [-0.2, 0) is 48.8 Å². The highest BCUT2D eigenvalue weighted by atomic mass is 32.2. The fraction of sp³-hybridized carbons (Fsp3) is 0.409. The Morgan fingerprint density at radius 3 is 1.60 bits per heavy atom. The first-order valence-corrected chi connectivity index (χ1v) is 45.9. The van der Waals surface area contributed by atoms with E-state index in [0.717, 1.165) is 69.2 Å². The molecule has 12 unspecified atom stereocenters. The summed E-state index contributed by atoms with van der Waals surface area (Å²) in [5.41, 5.74) is 2.86. The summed E-state index contributed by atoms with van der Waals surface area (Å²) in [5.74, 6) is -1.91. The van der Waals surface area contributed by atoms with Crippen molar-refractivity contribution in [2.45, 2.75) is 178 Å². The van der Waals surface area contributed by atoms with Gasteiger partial charge in [0.1, 0.15) is 65.5 Å². The maximum atomic E-state index is 16.7. The van der Waals surface area contributed by atoms with Crippen LogP contribution >= 0.6 is 0 Å². The van der Waals surface area contributed by atoms with Crippen LogP contribution in [-0.4, -0.2) is 241 Å². The zero-order valence-electron chi connectivity index (χ0n) is 70.4. The van der Waals surface area contributed by atoms with Gasteiger partial charge in [-0.2, -0.15) is 18.6 Å². The van der Waals surface area contributed by atoms with Crippen molar-refractivity contribution >= 4 is 83.0 Å². The van der Waals surface area contributed by atoms with Crippen molar-refractivity contribution in [3.05, 3.63) is 216 Å². The smallest absolute Gasteiger partial charge is 0.319 e. The van der Waals surface area contributed by atoms with E-state index < -0.39 is 162 Å². The van der Waals surface area contributed by atoms with Crippen LogP contribution in [0.1, 0.15) is 124 Å². The molecule has 12 atom stereocenters. The monoisotopic (exact) mass is 1760 g/mol. The van der Waals surface area contributed by atoms with Crippen molar-refractivity contribution in [3.63, 3.8) is 0 Å². The number of aromatic nitrogens is 3. The van der Waals surface area contributed by atoms with E-state index in [2.05, 4.69) is 62.9 Å². The Morgan fingerprint density at radius 2 is 1.12 bits per heavy atom. The third-order valence-electron chi connectivity index (χ3n) is 26.2. The first kappa shape index (κ1) is 88.0. The lowest BCUT2D eigenvalue weighted by molar-refractivity contribution is -0.144. The Morgan fingerprint density at radius 1 is 0.619 bits per heavy atom. The number of pyridine rings is 1. The largest absolute Gasteiger partial charge is 0.508 e. The summed E-state index contributed by atoms with van der Waals surface area (Å²) < 4.78 is 114. The Balaban J connectivity index is 0.000000221. The average molecular weight is 1760 g/mol. The minimum atomic E-state index is -4.63. The van der Waals surface area contributed by atoms with Gasteiger partial charge in [0.05, 0.1) is 50.4 Å². The Hall–Kier alpha value is -11.5. The number of benzene rings is 7. The number of aromatic hydroxyl groups is 1. The van der Waals surface area contributed by atoms with E-state index >= 15 is 21.2 Å². The van der Waals surface area contributed by atoms with Crippen LogP contribution in [0.4, 0.5) is 19.0 Å². The van der Waals surface area contributed by atoms with Crippen LogP contribution in [0.3, 0.4) is 0 Å². The van der Waals surface area contributed by atoms with Gasteiger partial charge in [-0.3, -0.25) is 38.7 Å². The number of likely N-dealkylation sites (N-methyl/N-ethyl adjacent to an activating group) is 2. The van der Waals surface area contributed by atoms with Crippen LogP contribution in [0.15, 0.2) is 186 Å². The third-order valence-corrected chi connectivity index (χ3v) is 29.9. The van der Waals surface area contributed by atoms with Crippen LogP contribution in [0, 0.1) is 24.0 Å². The number of nitrogens with zero attached hydrogens (tertiary/aromatic N) is 9. The van der Waals surface area contributed by atoms with Gasteiger partial charge in [-0.15, -0.1) is 6.42 Å². The first-order valence-electron chi connectivity index (χ1n) is 43.0. The van der Waals surface area contributed by atoms with E-state index in [-0.39, 0.29) is 84.9 Å². The standard InChI is InChI=1S/C60H72N10O10S2.C33H31F3N6O2/c1-39(61-3)55(71)63-49-37-67(34-32-45-28-30-51(69(45)59(49)75)57(73)65-53(41-18-9-5-10-19-41)42-20-11-6-12-21-42)81(77,78)47-26-17-27-48(36-47)82(79,80)68-35-33-46-29-31-52(70(46)60(76)50(38-68)64-56(72)40(2)62-4)58(74)66-54(43-22-13-7-14-23-43)44-24-15-8-16-25-44;1-2-23-26(35)7-4-18-10-22(43)11-24(27(18)23)29-28(36)30-25(13-37-29)31(41-15-20-5-6-21(16-41)38-20)40-32(39-30)44-17-33-8-3-9-42(33)14-19(34)12-33/h5-27,36,39-40,45-46,49-54,61-62H,28-35,37-38H2,1-4H3,(H,63,71)(H,64,72)(H,65,73)(H,66,74);1,4,7,10-11,13,19-21,38,43H,3,5-6,8-9,12,14-17H2. The molecule has 8 aliphatic rings. The fourth-order valence-electron chi connectivity index (χ4n) is 19.5. The molecule has 33 heteroatoms. The van der Waals surface area contributed by atoms with E-state index in [1.54, 1.807) is 27.9 Å². The van der Waals surface area contributed by atoms with E-state index in [0.29, 0.717) is 67.6 Å². The molecule has 8 fully saturated rings. The number of hydrogen-bond acceptors (Lipinski definition) is 20. The van der Waals surface area contributed by atoms with Crippen molar-refractivity contribution < 1.29 is 68.6 Å². The molecular formula is C93H103F3N16O12S2. The summed E-state index contributed by atoms with van der Waals surface area (Å²) in [6.45, 7) is 4.58. The maximum Gasteiger partial charge on any atom is 0.319 e. The number of anilines is 1. The van der Waals surface area contributed by atoms with Crippen LogP contribution in [0.25, 0.3) is 32.9 Å². The van der Waals surface area contributed by atoms with Crippen LogP contribution < -0.4 is 46.9 Å². The number of fused-ring (bicyclic) bond motifs is 7. The number of carbonyl (C=O) groups is 6. The van der Waals surface area contributed by atoms with E-state index in [4.69, 9.17) is 16.1 Å². The molecule has 0 radical (unpaired) electrons. The number of amides is 6. The van der Waals surface area contributed by atoms with Gasteiger partial charge in [0.15, 0.2) is 5.82 Å². The molecule has 0 aliphatic carbocycles. The second kappa shape index (κ2) is 37.2. The third kappa shape index (κ3) is 17.9. The van der Waals surface area contributed by atoms with E-state index in [1.165, 1.54) is 58.5 Å². The van der Waals surface area contributed by atoms with Crippen molar-refractivity contribution in [2.24, 2.45) is 0 Å². The lowest BCUT2D eigenvalue weighted by Crippen LogP contribution is -2.62. The Bertz CT molecular complexity index is 5570. The number of halogens is 3. The number of piperazine rings is 1. The fourth-order valence-corrected chi connectivity index (χ4v) is 22.6. The van der Waals surface area contributed by atoms with Gasteiger partial charge >= 0.3 is 6.01 Å². The number of ether oxygens (including phenoxy) is 1. The number of carbonyl (C=O) groups excluding carboxylic acids is 6. The molecule has 126 heavy (non-hydrogen) atoms. The first-order chi connectivity index (χ1) is 60.7. The average Bonchev–Trinajstić information content (AvgIpc) is 1.10. The molecule has 8 N–H and O–H groups in total. The van der Waals surface area contributed by atoms with Gasteiger partial charge in [0.25, 0.3) is 0 Å². The second-order valence-electron chi connectivity index (χ2n) is 34.0. The summed E-state index contributed by atoms with van der Waals surface area (Å²) in [7, 11) is -6.13. The van der Waals surface area contributed by atoms with Gasteiger partial charge in [0.2, 0.25) is 55.5 Å². The molecule has 8 aliphatic heterocycles. The minimum Gasteiger partial charge on any atom is -0.508 e. The highest BCUT2D eigenvalue weighted by molar-refractivity contribution is 7.90. The summed E-state index contributed by atoms with van der Waals surface area (Å²) in [4.78, 5) is 106. The Kier molecular flexibility index (Phi) is 26.0. The molecule has 6 amide bonds. The topological polar surface area (TPSA) is 342 Å².